The maximum absolute atomic E-state index is 13.4. The fourth-order valence-electron chi connectivity index (χ4n) is 4.20. The van der Waals surface area contributed by atoms with Crippen molar-refractivity contribution in [3.05, 3.63) is 39.8 Å². The summed E-state index contributed by atoms with van der Waals surface area (Å²) < 4.78 is 45.1. The van der Waals surface area contributed by atoms with Gasteiger partial charge in [0.25, 0.3) is 15.9 Å². The van der Waals surface area contributed by atoms with Gasteiger partial charge in [0, 0.05) is 18.0 Å². The highest BCUT2D eigenvalue weighted by Crippen LogP contribution is 2.39. The summed E-state index contributed by atoms with van der Waals surface area (Å²) in [5.41, 5.74) is 1.32. The molecule has 4 rings (SSSR count). The summed E-state index contributed by atoms with van der Waals surface area (Å²) in [5.74, 6) is -0.567. The highest BCUT2D eigenvalue weighted by molar-refractivity contribution is 7.93. The molecule has 0 unspecified atom stereocenters. The van der Waals surface area contributed by atoms with Crippen LogP contribution in [0.3, 0.4) is 0 Å². The third-order valence-corrected chi connectivity index (χ3v) is 8.57. The Bertz CT molecular complexity index is 1180. The molecule has 2 aliphatic rings. The fourth-order valence-corrected chi connectivity index (χ4v) is 6.80. The van der Waals surface area contributed by atoms with Crippen LogP contribution in [0.25, 0.3) is 0 Å². The quantitative estimate of drug-likeness (QED) is 0.572. The first-order valence-corrected chi connectivity index (χ1v) is 13.5. The number of anilines is 1. The number of carbonyl (C=O) groups excluding carboxylic acids is 2. The Kier molecular flexibility index (Phi) is 7.44. The lowest BCUT2D eigenvalue weighted by atomic mass is 9.95. The number of nitrogens with zero attached hydrogens (tertiary/aromatic N) is 1. The Morgan fingerprint density at radius 1 is 1.18 bits per heavy atom. The standard InChI is InChI=1S/C23H28N2O7S2/c1-3-32-23(27)20-16-6-4-5-7-19(16)33-21(20)24-34(28,29)15-8-9-18(30-2)17(14-15)22(26)25-10-12-31-13-11-25/h8-9,14,24H,3-7,10-13H2,1-2H3. The van der Waals surface area contributed by atoms with Gasteiger partial charge in [0.05, 0.1) is 43.0 Å². The second-order valence-corrected chi connectivity index (χ2v) is 10.8. The first-order chi connectivity index (χ1) is 16.4. The van der Waals surface area contributed by atoms with Gasteiger partial charge in [-0.05, 0) is 56.4 Å². The third-order valence-electron chi connectivity index (χ3n) is 5.89. The van der Waals surface area contributed by atoms with Gasteiger partial charge in [-0.15, -0.1) is 11.3 Å². The zero-order valence-corrected chi connectivity index (χ0v) is 20.9. The molecule has 1 N–H and O–H groups in total. The van der Waals surface area contributed by atoms with E-state index in [4.69, 9.17) is 14.2 Å². The molecule has 184 valence electrons. The van der Waals surface area contributed by atoms with Crippen LogP contribution in [0.2, 0.25) is 0 Å². The summed E-state index contributed by atoms with van der Waals surface area (Å²) in [5, 5.41) is 0.252. The molecule has 1 amide bonds. The van der Waals surface area contributed by atoms with E-state index in [1.807, 2.05) is 0 Å². The molecule has 1 aliphatic heterocycles. The van der Waals surface area contributed by atoms with Gasteiger partial charge in [0.1, 0.15) is 10.8 Å². The maximum Gasteiger partial charge on any atom is 0.341 e. The highest BCUT2D eigenvalue weighted by Gasteiger charge is 2.30. The van der Waals surface area contributed by atoms with E-state index >= 15 is 0 Å². The number of fused-ring (bicyclic) bond motifs is 1. The fraction of sp³-hybridized carbons (Fsp3) is 0.478. The summed E-state index contributed by atoms with van der Waals surface area (Å²) in [6, 6.07) is 4.17. The monoisotopic (exact) mass is 508 g/mol. The highest BCUT2D eigenvalue weighted by atomic mass is 32.2. The smallest absolute Gasteiger partial charge is 0.341 e. The molecule has 0 atom stereocenters. The molecule has 0 spiro atoms. The van der Waals surface area contributed by atoms with E-state index in [-0.39, 0.29) is 33.7 Å². The second-order valence-electron chi connectivity index (χ2n) is 8.01. The number of morpholine rings is 1. The number of rotatable bonds is 7. The molecular formula is C23H28N2O7S2. The van der Waals surface area contributed by atoms with Crippen LogP contribution < -0.4 is 9.46 Å². The predicted molar refractivity (Wildman–Crippen MR) is 127 cm³/mol. The number of hydrogen-bond acceptors (Lipinski definition) is 8. The number of aryl methyl sites for hydroxylation is 1. The molecule has 2 aromatic rings. The zero-order chi connectivity index (χ0) is 24.3. The Morgan fingerprint density at radius 2 is 1.91 bits per heavy atom. The van der Waals surface area contributed by atoms with Gasteiger partial charge in [-0.3, -0.25) is 9.52 Å². The van der Waals surface area contributed by atoms with Gasteiger partial charge in [-0.2, -0.15) is 0 Å². The number of benzene rings is 1. The Balaban J connectivity index is 1.68. The summed E-state index contributed by atoms with van der Waals surface area (Å²) in [6.07, 6.45) is 3.44. The topological polar surface area (TPSA) is 111 Å². The van der Waals surface area contributed by atoms with Crippen LogP contribution in [0.5, 0.6) is 5.75 Å². The van der Waals surface area contributed by atoms with Crippen molar-refractivity contribution in [2.45, 2.75) is 37.5 Å². The number of methoxy groups -OCH3 is 1. The number of nitrogens with one attached hydrogen (secondary N) is 1. The van der Waals surface area contributed by atoms with E-state index in [2.05, 4.69) is 4.72 Å². The molecule has 2 heterocycles. The van der Waals surface area contributed by atoms with Gasteiger partial charge in [0.2, 0.25) is 0 Å². The molecule has 1 saturated heterocycles. The lowest BCUT2D eigenvalue weighted by molar-refractivity contribution is 0.0300. The molecule has 1 aliphatic carbocycles. The van der Waals surface area contributed by atoms with Gasteiger partial charge in [0.15, 0.2) is 0 Å². The van der Waals surface area contributed by atoms with E-state index in [1.54, 1.807) is 11.8 Å². The SMILES string of the molecule is CCOC(=O)c1c(NS(=O)(=O)c2ccc(OC)c(C(=O)N3CCOCC3)c2)sc2c1CCCC2. The van der Waals surface area contributed by atoms with E-state index in [9.17, 15) is 18.0 Å². The normalized spacial score (nSPS) is 16.0. The summed E-state index contributed by atoms with van der Waals surface area (Å²) in [4.78, 5) is 28.3. The molecule has 0 saturated carbocycles. The van der Waals surface area contributed by atoms with Crippen LogP contribution in [0, 0.1) is 0 Å². The minimum atomic E-state index is -4.09. The Labute approximate surface area is 203 Å². The Morgan fingerprint density at radius 3 is 2.62 bits per heavy atom. The van der Waals surface area contributed by atoms with Crippen LogP contribution in [0.4, 0.5) is 5.00 Å². The molecule has 1 fully saturated rings. The minimum absolute atomic E-state index is 0.0916. The predicted octanol–water partition coefficient (Wildman–Crippen LogP) is 3.09. The van der Waals surface area contributed by atoms with Gasteiger partial charge in [-0.1, -0.05) is 0 Å². The first kappa shape index (κ1) is 24.5. The second kappa shape index (κ2) is 10.3. The van der Waals surface area contributed by atoms with Crippen molar-refractivity contribution in [3.8, 4) is 5.75 Å². The summed E-state index contributed by atoms with van der Waals surface area (Å²) >= 11 is 1.27. The van der Waals surface area contributed by atoms with Crippen LogP contribution in [0.15, 0.2) is 23.1 Å². The number of carbonyl (C=O) groups is 2. The average molecular weight is 509 g/mol. The van der Waals surface area contributed by atoms with Crippen molar-refractivity contribution in [2.24, 2.45) is 0 Å². The largest absolute Gasteiger partial charge is 0.496 e. The Hall–Kier alpha value is -2.63. The van der Waals surface area contributed by atoms with Crippen molar-refractivity contribution in [3.63, 3.8) is 0 Å². The number of hydrogen-bond donors (Lipinski definition) is 1. The van der Waals surface area contributed by atoms with E-state index in [0.717, 1.165) is 29.7 Å². The van der Waals surface area contributed by atoms with Crippen molar-refractivity contribution in [2.75, 3.05) is 44.7 Å². The number of sulfonamides is 1. The number of ether oxygens (including phenoxy) is 3. The first-order valence-electron chi connectivity index (χ1n) is 11.2. The number of amides is 1. The molecule has 11 heteroatoms. The van der Waals surface area contributed by atoms with Crippen molar-refractivity contribution in [1.29, 1.82) is 0 Å². The number of thiophene rings is 1. The molecule has 1 aromatic carbocycles. The molecule has 34 heavy (non-hydrogen) atoms. The van der Waals surface area contributed by atoms with Crippen LogP contribution in [-0.2, 0) is 32.3 Å². The van der Waals surface area contributed by atoms with E-state index in [1.165, 1.54) is 36.6 Å². The van der Waals surface area contributed by atoms with Crippen molar-refractivity contribution < 1.29 is 32.2 Å². The molecular weight excluding hydrogens is 480 g/mol. The minimum Gasteiger partial charge on any atom is -0.496 e. The van der Waals surface area contributed by atoms with Crippen LogP contribution in [-0.4, -0.2) is 65.2 Å². The molecule has 1 aromatic heterocycles. The van der Waals surface area contributed by atoms with Gasteiger partial charge < -0.3 is 19.1 Å². The van der Waals surface area contributed by atoms with Gasteiger partial charge >= 0.3 is 5.97 Å². The van der Waals surface area contributed by atoms with E-state index in [0.29, 0.717) is 38.3 Å². The molecule has 0 bridgehead atoms. The summed E-state index contributed by atoms with van der Waals surface area (Å²) in [7, 11) is -2.66. The molecule has 9 nitrogen and oxygen atoms in total. The van der Waals surface area contributed by atoms with Crippen LogP contribution in [0.1, 0.15) is 50.9 Å². The number of esters is 1. The summed E-state index contributed by atoms with van der Waals surface area (Å²) in [6.45, 7) is 3.59. The zero-order valence-electron chi connectivity index (χ0n) is 19.2. The lowest BCUT2D eigenvalue weighted by Crippen LogP contribution is -2.40. The van der Waals surface area contributed by atoms with Gasteiger partial charge in [-0.25, -0.2) is 13.2 Å². The average Bonchev–Trinajstić information content (AvgIpc) is 3.21. The van der Waals surface area contributed by atoms with E-state index < -0.39 is 16.0 Å². The third kappa shape index (κ3) is 4.91. The lowest BCUT2D eigenvalue weighted by Gasteiger charge is -2.27. The molecule has 0 radical (unpaired) electrons. The van der Waals surface area contributed by atoms with Crippen molar-refractivity contribution in [1.82, 2.24) is 4.90 Å². The van der Waals surface area contributed by atoms with Crippen molar-refractivity contribution >= 4 is 38.2 Å². The maximum atomic E-state index is 13.4. The van der Waals surface area contributed by atoms with Crippen LogP contribution >= 0.6 is 11.3 Å².